The Morgan fingerprint density at radius 2 is 2.22 bits per heavy atom. The number of nitrogens with one attached hydrogen (secondary N) is 1. The van der Waals surface area contributed by atoms with Crippen LogP contribution in [0.3, 0.4) is 0 Å². The molecule has 2 rings (SSSR count). The van der Waals surface area contributed by atoms with Crippen LogP contribution in [0.1, 0.15) is 25.1 Å². The molecule has 0 radical (unpaired) electrons. The maximum absolute atomic E-state index is 4.45. The summed E-state index contributed by atoms with van der Waals surface area (Å²) in [5.41, 5.74) is 2.11. The van der Waals surface area contributed by atoms with Crippen molar-refractivity contribution < 1.29 is 0 Å². The van der Waals surface area contributed by atoms with Crippen molar-refractivity contribution in [3.05, 3.63) is 40.3 Å². The lowest BCUT2D eigenvalue weighted by atomic mass is 10.2. The quantitative estimate of drug-likeness (QED) is 0.944. The molecular formula is C13H17BrN4. The van der Waals surface area contributed by atoms with E-state index in [0.717, 1.165) is 28.1 Å². The van der Waals surface area contributed by atoms with Gasteiger partial charge in [-0.05, 0) is 35.0 Å². The van der Waals surface area contributed by atoms with Crippen molar-refractivity contribution in [1.29, 1.82) is 0 Å². The fourth-order valence-corrected chi connectivity index (χ4v) is 2.04. The minimum atomic E-state index is 0.441. The summed E-state index contributed by atoms with van der Waals surface area (Å²) in [6, 6.07) is 4.49. The van der Waals surface area contributed by atoms with Crippen LogP contribution in [0.15, 0.2) is 29.0 Å². The van der Waals surface area contributed by atoms with E-state index in [1.165, 1.54) is 0 Å². The molecule has 0 aliphatic carbocycles. The lowest BCUT2D eigenvalue weighted by Crippen LogP contribution is -2.23. The average molecular weight is 309 g/mol. The van der Waals surface area contributed by atoms with Crippen LogP contribution in [0, 0.1) is 6.92 Å². The molecule has 2 aromatic heterocycles. The van der Waals surface area contributed by atoms with Crippen LogP contribution in [-0.4, -0.2) is 20.8 Å². The smallest absolute Gasteiger partial charge is 0.157 e. The van der Waals surface area contributed by atoms with Crippen LogP contribution in [0.2, 0.25) is 0 Å². The minimum absolute atomic E-state index is 0.441. The first-order valence-electron chi connectivity index (χ1n) is 5.96. The predicted octanol–water partition coefficient (Wildman–Crippen LogP) is 2.84. The van der Waals surface area contributed by atoms with Crippen LogP contribution < -0.4 is 5.32 Å². The monoisotopic (exact) mass is 308 g/mol. The summed E-state index contributed by atoms with van der Waals surface area (Å²) < 4.78 is 2.80. The Hall–Kier alpha value is -1.20. The topological polar surface area (TPSA) is 42.7 Å². The number of hydrogen-bond donors (Lipinski definition) is 1. The Labute approximate surface area is 116 Å². The minimum Gasteiger partial charge on any atom is -0.310 e. The second-order valence-electron chi connectivity index (χ2n) is 4.57. The summed E-state index contributed by atoms with van der Waals surface area (Å²) in [5.74, 6) is 0.874. The summed E-state index contributed by atoms with van der Waals surface area (Å²) in [6.45, 7) is 7.01. The van der Waals surface area contributed by atoms with Gasteiger partial charge in [0.15, 0.2) is 5.82 Å². The zero-order valence-electron chi connectivity index (χ0n) is 10.8. The molecule has 0 saturated heterocycles. The molecule has 0 fully saturated rings. The normalized spacial score (nSPS) is 11.2. The highest BCUT2D eigenvalue weighted by Gasteiger charge is 2.08. The van der Waals surface area contributed by atoms with Gasteiger partial charge in [0.05, 0.1) is 5.69 Å². The van der Waals surface area contributed by atoms with Gasteiger partial charge >= 0.3 is 0 Å². The number of aryl methyl sites for hydroxylation is 1. The Morgan fingerprint density at radius 3 is 2.83 bits per heavy atom. The van der Waals surface area contributed by atoms with E-state index in [-0.39, 0.29) is 0 Å². The molecular weight excluding hydrogens is 292 g/mol. The molecule has 0 unspecified atom stereocenters. The first-order chi connectivity index (χ1) is 8.56. The molecule has 0 aliphatic rings. The molecule has 0 aromatic carbocycles. The second-order valence-corrected chi connectivity index (χ2v) is 5.49. The third-order valence-corrected chi connectivity index (χ3v) is 2.98. The van der Waals surface area contributed by atoms with E-state index in [1.807, 2.05) is 23.9 Å². The van der Waals surface area contributed by atoms with Gasteiger partial charge in [0, 0.05) is 35.0 Å². The Kier molecular flexibility index (Phi) is 4.14. The SMILES string of the molecule is Cc1ccn(-c2ncc(Br)cc2CNC(C)C)n1. The van der Waals surface area contributed by atoms with Crippen molar-refractivity contribution in [1.82, 2.24) is 20.1 Å². The summed E-state index contributed by atoms with van der Waals surface area (Å²) in [4.78, 5) is 4.45. The summed E-state index contributed by atoms with van der Waals surface area (Å²) in [5, 5.41) is 7.81. The number of hydrogen-bond acceptors (Lipinski definition) is 3. The van der Waals surface area contributed by atoms with Gasteiger partial charge in [0.2, 0.25) is 0 Å². The molecule has 96 valence electrons. The standard InChI is InChI=1S/C13H17BrN4/c1-9(2)15-7-11-6-12(14)8-16-13(11)18-5-4-10(3)17-18/h4-6,8-9,15H,7H2,1-3H3. The first kappa shape index (κ1) is 13.2. The maximum atomic E-state index is 4.45. The van der Waals surface area contributed by atoms with E-state index in [9.17, 15) is 0 Å². The number of nitrogens with zero attached hydrogens (tertiary/aromatic N) is 3. The Bertz CT molecular complexity index is 534. The van der Waals surface area contributed by atoms with Gasteiger partial charge in [-0.1, -0.05) is 13.8 Å². The van der Waals surface area contributed by atoms with Gasteiger partial charge in [-0.2, -0.15) is 5.10 Å². The fourth-order valence-electron chi connectivity index (χ4n) is 1.66. The third-order valence-electron chi connectivity index (χ3n) is 2.55. The van der Waals surface area contributed by atoms with Crippen molar-refractivity contribution >= 4 is 15.9 Å². The van der Waals surface area contributed by atoms with Crippen LogP contribution in [0.4, 0.5) is 0 Å². The number of rotatable bonds is 4. The van der Waals surface area contributed by atoms with Gasteiger partial charge in [-0.25, -0.2) is 9.67 Å². The van der Waals surface area contributed by atoms with Crippen molar-refractivity contribution in [3.8, 4) is 5.82 Å². The molecule has 1 N–H and O–H groups in total. The maximum Gasteiger partial charge on any atom is 0.157 e. The highest BCUT2D eigenvalue weighted by molar-refractivity contribution is 9.10. The fraction of sp³-hybridized carbons (Fsp3) is 0.385. The van der Waals surface area contributed by atoms with Crippen LogP contribution in [-0.2, 0) is 6.54 Å². The van der Waals surface area contributed by atoms with E-state index in [2.05, 4.69) is 51.2 Å². The highest BCUT2D eigenvalue weighted by atomic mass is 79.9. The van der Waals surface area contributed by atoms with E-state index in [4.69, 9.17) is 0 Å². The number of aromatic nitrogens is 3. The summed E-state index contributed by atoms with van der Waals surface area (Å²) >= 11 is 3.46. The molecule has 2 heterocycles. The first-order valence-corrected chi connectivity index (χ1v) is 6.76. The van der Waals surface area contributed by atoms with Gasteiger partial charge in [0.25, 0.3) is 0 Å². The lowest BCUT2D eigenvalue weighted by molar-refractivity contribution is 0.584. The molecule has 5 heteroatoms. The Balaban J connectivity index is 2.34. The van der Waals surface area contributed by atoms with Crippen LogP contribution in [0.25, 0.3) is 5.82 Å². The zero-order chi connectivity index (χ0) is 13.1. The molecule has 0 aliphatic heterocycles. The second kappa shape index (κ2) is 5.63. The Morgan fingerprint density at radius 1 is 1.44 bits per heavy atom. The average Bonchev–Trinajstić information content (AvgIpc) is 2.73. The number of halogens is 1. The molecule has 0 spiro atoms. The summed E-state index contributed by atoms with van der Waals surface area (Å²) in [6.07, 6.45) is 3.73. The van der Waals surface area contributed by atoms with Crippen molar-refractivity contribution in [2.24, 2.45) is 0 Å². The van der Waals surface area contributed by atoms with E-state index >= 15 is 0 Å². The van der Waals surface area contributed by atoms with Gasteiger partial charge in [-0.3, -0.25) is 0 Å². The van der Waals surface area contributed by atoms with Gasteiger partial charge in [-0.15, -0.1) is 0 Å². The van der Waals surface area contributed by atoms with Crippen molar-refractivity contribution in [2.75, 3.05) is 0 Å². The molecule has 0 atom stereocenters. The van der Waals surface area contributed by atoms with E-state index in [0.29, 0.717) is 6.04 Å². The molecule has 4 nitrogen and oxygen atoms in total. The molecule has 0 amide bonds. The molecule has 0 saturated carbocycles. The van der Waals surface area contributed by atoms with E-state index < -0.39 is 0 Å². The van der Waals surface area contributed by atoms with E-state index in [1.54, 1.807) is 6.20 Å². The molecule has 0 bridgehead atoms. The van der Waals surface area contributed by atoms with Crippen molar-refractivity contribution in [2.45, 2.75) is 33.4 Å². The molecule has 2 aromatic rings. The lowest BCUT2D eigenvalue weighted by Gasteiger charge is -2.12. The largest absolute Gasteiger partial charge is 0.310 e. The summed E-state index contributed by atoms with van der Waals surface area (Å²) in [7, 11) is 0. The molecule has 18 heavy (non-hydrogen) atoms. The van der Waals surface area contributed by atoms with Gasteiger partial charge in [0.1, 0.15) is 0 Å². The third kappa shape index (κ3) is 3.17. The van der Waals surface area contributed by atoms with Gasteiger partial charge < -0.3 is 5.32 Å². The highest BCUT2D eigenvalue weighted by Crippen LogP contribution is 2.17. The van der Waals surface area contributed by atoms with Crippen molar-refractivity contribution in [3.63, 3.8) is 0 Å². The number of pyridine rings is 1. The predicted molar refractivity (Wildman–Crippen MR) is 75.8 cm³/mol. The zero-order valence-corrected chi connectivity index (χ0v) is 12.4. The van der Waals surface area contributed by atoms with Crippen LogP contribution >= 0.6 is 15.9 Å². The van der Waals surface area contributed by atoms with Crippen LogP contribution in [0.5, 0.6) is 0 Å².